The Morgan fingerprint density at radius 1 is 1.43 bits per heavy atom. The van der Waals surface area contributed by atoms with Gasteiger partial charge in [-0.2, -0.15) is 5.10 Å². The van der Waals surface area contributed by atoms with Gasteiger partial charge in [0.1, 0.15) is 17.2 Å². The van der Waals surface area contributed by atoms with Crippen LogP contribution in [0.5, 0.6) is 0 Å². The van der Waals surface area contributed by atoms with Crippen LogP contribution in [0.2, 0.25) is 0 Å². The zero-order valence-corrected chi connectivity index (χ0v) is 7.61. The number of halogens is 1. The van der Waals surface area contributed by atoms with Crippen molar-refractivity contribution in [3.05, 3.63) is 30.3 Å². The lowest BCUT2D eigenvalue weighted by atomic mass is 10.2. The number of anilines is 1. The first-order valence-corrected chi connectivity index (χ1v) is 4.08. The fourth-order valence-electron chi connectivity index (χ4n) is 1.20. The van der Waals surface area contributed by atoms with E-state index in [4.69, 9.17) is 5.73 Å². The molecule has 0 unspecified atom stereocenters. The molecule has 0 bridgehead atoms. The first kappa shape index (κ1) is 8.68. The van der Waals surface area contributed by atoms with Gasteiger partial charge in [0.2, 0.25) is 0 Å². The molecule has 0 aliphatic rings. The predicted octanol–water partition coefficient (Wildman–Crippen LogP) is 1.20. The van der Waals surface area contributed by atoms with E-state index in [1.165, 1.54) is 12.3 Å². The van der Waals surface area contributed by atoms with E-state index < -0.39 is 5.82 Å². The van der Waals surface area contributed by atoms with Gasteiger partial charge in [-0.1, -0.05) is 0 Å². The van der Waals surface area contributed by atoms with Crippen molar-refractivity contribution < 1.29 is 4.39 Å². The SMILES string of the molecule is Cn1ccc(-c2nccc(F)c2N)n1. The normalized spacial score (nSPS) is 10.4. The summed E-state index contributed by atoms with van der Waals surface area (Å²) in [7, 11) is 1.78. The molecule has 0 amide bonds. The van der Waals surface area contributed by atoms with Crippen LogP contribution in [0.3, 0.4) is 0 Å². The van der Waals surface area contributed by atoms with Crippen molar-refractivity contribution >= 4 is 5.69 Å². The smallest absolute Gasteiger partial charge is 0.149 e. The van der Waals surface area contributed by atoms with Crippen LogP contribution in [-0.4, -0.2) is 14.8 Å². The van der Waals surface area contributed by atoms with Gasteiger partial charge in [0.05, 0.1) is 5.69 Å². The highest BCUT2D eigenvalue weighted by molar-refractivity contribution is 5.69. The zero-order chi connectivity index (χ0) is 10.1. The van der Waals surface area contributed by atoms with Gasteiger partial charge in [-0.3, -0.25) is 9.67 Å². The van der Waals surface area contributed by atoms with Crippen molar-refractivity contribution in [2.75, 3.05) is 5.73 Å². The molecular formula is C9H9FN4. The second-order valence-electron chi connectivity index (χ2n) is 2.93. The molecule has 0 fully saturated rings. The number of pyridine rings is 1. The number of nitrogens with two attached hydrogens (primary N) is 1. The highest BCUT2D eigenvalue weighted by Crippen LogP contribution is 2.23. The number of aromatic nitrogens is 3. The van der Waals surface area contributed by atoms with Crippen molar-refractivity contribution in [3.8, 4) is 11.4 Å². The Balaban J connectivity index is 2.57. The number of rotatable bonds is 1. The molecule has 5 heteroatoms. The third-order valence-corrected chi connectivity index (χ3v) is 1.89. The van der Waals surface area contributed by atoms with E-state index in [-0.39, 0.29) is 5.69 Å². The Hall–Kier alpha value is -1.91. The Morgan fingerprint density at radius 2 is 2.21 bits per heavy atom. The van der Waals surface area contributed by atoms with Crippen LogP contribution in [0.4, 0.5) is 10.1 Å². The molecule has 2 rings (SSSR count). The molecule has 2 aromatic heterocycles. The fourth-order valence-corrected chi connectivity index (χ4v) is 1.20. The van der Waals surface area contributed by atoms with E-state index in [0.717, 1.165) is 0 Å². The summed E-state index contributed by atoms with van der Waals surface area (Å²) in [5.74, 6) is -0.472. The average Bonchev–Trinajstić information content (AvgIpc) is 2.57. The summed E-state index contributed by atoms with van der Waals surface area (Å²) in [4.78, 5) is 3.98. The summed E-state index contributed by atoms with van der Waals surface area (Å²) in [5, 5.41) is 4.09. The fraction of sp³-hybridized carbons (Fsp3) is 0.111. The topological polar surface area (TPSA) is 56.7 Å². The van der Waals surface area contributed by atoms with E-state index in [1.807, 2.05) is 0 Å². The van der Waals surface area contributed by atoms with Crippen molar-refractivity contribution in [2.24, 2.45) is 7.05 Å². The number of nitrogen functional groups attached to an aromatic ring is 1. The molecule has 0 aliphatic heterocycles. The third-order valence-electron chi connectivity index (χ3n) is 1.89. The molecule has 0 aliphatic carbocycles. The van der Waals surface area contributed by atoms with E-state index in [0.29, 0.717) is 11.4 Å². The maximum atomic E-state index is 13.1. The molecule has 0 spiro atoms. The molecule has 2 heterocycles. The van der Waals surface area contributed by atoms with Gasteiger partial charge in [-0.15, -0.1) is 0 Å². The highest BCUT2D eigenvalue weighted by atomic mass is 19.1. The summed E-state index contributed by atoms with van der Waals surface area (Å²) in [6.45, 7) is 0. The summed E-state index contributed by atoms with van der Waals surface area (Å²) in [6.07, 6.45) is 3.12. The molecule has 0 atom stereocenters. The van der Waals surface area contributed by atoms with Gasteiger partial charge in [0.15, 0.2) is 0 Å². The van der Waals surface area contributed by atoms with Gasteiger partial charge >= 0.3 is 0 Å². The van der Waals surface area contributed by atoms with Crippen LogP contribution in [0.1, 0.15) is 0 Å². The molecule has 2 aromatic rings. The second kappa shape index (κ2) is 3.10. The van der Waals surface area contributed by atoms with Crippen LogP contribution in [0.15, 0.2) is 24.5 Å². The molecule has 0 saturated carbocycles. The number of hydrogen-bond acceptors (Lipinski definition) is 3. The van der Waals surface area contributed by atoms with E-state index in [2.05, 4.69) is 10.1 Å². The van der Waals surface area contributed by atoms with Crippen LogP contribution in [-0.2, 0) is 7.05 Å². The van der Waals surface area contributed by atoms with Gasteiger partial charge in [0.25, 0.3) is 0 Å². The van der Waals surface area contributed by atoms with Gasteiger partial charge in [0, 0.05) is 19.4 Å². The molecule has 0 saturated heterocycles. The second-order valence-corrected chi connectivity index (χ2v) is 2.93. The Kier molecular flexibility index (Phi) is 1.92. The van der Waals surface area contributed by atoms with Crippen molar-refractivity contribution in [1.82, 2.24) is 14.8 Å². The quantitative estimate of drug-likeness (QED) is 0.738. The summed E-state index contributed by atoms with van der Waals surface area (Å²) in [5.41, 5.74) is 6.52. The minimum atomic E-state index is -0.472. The van der Waals surface area contributed by atoms with Crippen molar-refractivity contribution in [1.29, 1.82) is 0 Å². The first-order chi connectivity index (χ1) is 6.68. The minimum Gasteiger partial charge on any atom is -0.395 e. The zero-order valence-electron chi connectivity index (χ0n) is 7.61. The van der Waals surface area contributed by atoms with Crippen molar-refractivity contribution in [3.63, 3.8) is 0 Å². The first-order valence-electron chi connectivity index (χ1n) is 4.08. The Labute approximate surface area is 80.2 Å². The molecule has 14 heavy (non-hydrogen) atoms. The maximum Gasteiger partial charge on any atom is 0.149 e. The lowest BCUT2D eigenvalue weighted by Gasteiger charge is -2.01. The van der Waals surface area contributed by atoms with Gasteiger partial charge in [-0.25, -0.2) is 4.39 Å². The molecule has 72 valence electrons. The number of nitrogens with zero attached hydrogens (tertiary/aromatic N) is 3. The van der Waals surface area contributed by atoms with Crippen LogP contribution >= 0.6 is 0 Å². The Bertz CT molecular complexity index is 464. The summed E-state index contributed by atoms with van der Waals surface area (Å²) < 4.78 is 14.7. The largest absolute Gasteiger partial charge is 0.395 e. The standard InChI is InChI=1S/C9H9FN4/c1-14-5-3-7(13-14)9-8(11)6(10)2-4-12-9/h2-5H,11H2,1H3. The molecule has 4 nitrogen and oxygen atoms in total. The van der Waals surface area contributed by atoms with Crippen LogP contribution < -0.4 is 5.73 Å². The predicted molar refractivity (Wildman–Crippen MR) is 50.8 cm³/mol. The molecule has 0 radical (unpaired) electrons. The molecule has 0 aromatic carbocycles. The average molecular weight is 192 g/mol. The molecular weight excluding hydrogens is 183 g/mol. The van der Waals surface area contributed by atoms with E-state index >= 15 is 0 Å². The highest BCUT2D eigenvalue weighted by Gasteiger charge is 2.10. The minimum absolute atomic E-state index is 0.0335. The van der Waals surface area contributed by atoms with Gasteiger partial charge in [-0.05, 0) is 12.1 Å². The third kappa shape index (κ3) is 1.32. The lowest BCUT2D eigenvalue weighted by Crippen LogP contribution is -1.98. The lowest BCUT2D eigenvalue weighted by molar-refractivity contribution is 0.631. The molecule has 2 N–H and O–H groups in total. The van der Waals surface area contributed by atoms with E-state index in [1.54, 1.807) is 24.0 Å². The van der Waals surface area contributed by atoms with Gasteiger partial charge < -0.3 is 5.73 Å². The number of hydrogen-bond donors (Lipinski definition) is 1. The van der Waals surface area contributed by atoms with Crippen LogP contribution in [0.25, 0.3) is 11.4 Å². The monoisotopic (exact) mass is 192 g/mol. The summed E-state index contributed by atoms with van der Waals surface area (Å²) >= 11 is 0. The van der Waals surface area contributed by atoms with Crippen molar-refractivity contribution in [2.45, 2.75) is 0 Å². The van der Waals surface area contributed by atoms with Crippen LogP contribution in [0, 0.1) is 5.82 Å². The maximum absolute atomic E-state index is 13.1. The summed E-state index contributed by atoms with van der Waals surface area (Å²) in [6, 6.07) is 2.96. The number of aryl methyl sites for hydroxylation is 1. The Morgan fingerprint density at radius 3 is 2.86 bits per heavy atom. The van der Waals surface area contributed by atoms with E-state index in [9.17, 15) is 4.39 Å².